The van der Waals surface area contributed by atoms with Crippen LogP contribution in [0.1, 0.15) is 5.56 Å². The van der Waals surface area contributed by atoms with E-state index >= 15 is 0 Å². The van der Waals surface area contributed by atoms with Crippen LogP contribution in [0.4, 0.5) is 5.82 Å². The van der Waals surface area contributed by atoms with Gasteiger partial charge in [-0.1, -0.05) is 36.4 Å². The molecule has 5 rings (SSSR count). The third-order valence-corrected chi connectivity index (χ3v) is 5.06. The summed E-state index contributed by atoms with van der Waals surface area (Å²) in [4.78, 5) is 8.94. The Bertz CT molecular complexity index is 1250. The van der Waals surface area contributed by atoms with Crippen LogP contribution in [0.15, 0.2) is 79.5 Å². The summed E-state index contributed by atoms with van der Waals surface area (Å²) >= 11 is 0. The van der Waals surface area contributed by atoms with Crippen molar-refractivity contribution in [2.75, 3.05) is 5.32 Å². The number of rotatable bonds is 5. The highest BCUT2D eigenvalue weighted by Crippen LogP contribution is 2.25. The Morgan fingerprint density at radius 1 is 0.897 bits per heavy atom. The minimum atomic E-state index is 0.709. The Labute approximate surface area is 168 Å². The van der Waals surface area contributed by atoms with E-state index in [-0.39, 0.29) is 0 Å². The smallest absolute Gasteiger partial charge is 0.139 e. The molecule has 0 saturated carbocycles. The lowest BCUT2D eigenvalue weighted by Crippen LogP contribution is -2.01. The van der Waals surface area contributed by atoms with Crippen molar-refractivity contribution in [2.24, 2.45) is 7.05 Å². The summed E-state index contributed by atoms with van der Waals surface area (Å²) in [5, 5.41) is 12.6. The van der Waals surface area contributed by atoms with Gasteiger partial charge in [0.25, 0.3) is 0 Å². The molecular formula is C23H20N6. The maximum absolute atomic E-state index is 4.54. The topological polar surface area (TPSA) is 71.4 Å². The molecule has 0 aliphatic carbocycles. The first-order chi connectivity index (χ1) is 14.3. The number of aromatic nitrogens is 5. The summed E-state index contributed by atoms with van der Waals surface area (Å²) in [5.74, 6) is 1.82. The van der Waals surface area contributed by atoms with E-state index in [2.05, 4.69) is 74.0 Å². The van der Waals surface area contributed by atoms with Gasteiger partial charge in [-0.2, -0.15) is 5.10 Å². The molecule has 5 aromatic rings. The Morgan fingerprint density at radius 3 is 2.52 bits per heavy atom. The lowest BCUT2D eigenvalue weighted by Gasteiger charge is -2.09. The van der Waals surface area contributed by atoms with Crippen LogP contribution < -0.4 is 5.32 Å². The highest BCUT2D eigenvalue weighted by molar-refractivity contribution is 5.88. The van der Waals surface area contributed by atoms with Crippen LogP contribution in [0, 0.1) is 0 Å². The van der Waals surface area contributed by atoms with E-state index in [1.54, 1.807) is 0 Å². The van der Waals surface area contributed by atoms with Gasteiger partial charge in [0.2, 0.25) is 0 Å². The second-order valence-electron chi connectivity index (χ2n) is 7.03. The summed E-state index contributed by atoms with van der Waals surface area (Å²) < 4.78 is 2.02. The molecule has 0 amide bonds. The number of benzene rings is 2. The van der Waals surface area contributed by atoms with Gasteiger partial charge < -0.3 is 9.88 Å². The molecule has 3 aromatic heterocycles. The zero-order valence-corrected chi connectivity index (χ0v) is 16.0. The first-order valence-electron chi connectivity index (χ1n) is 9.46. The molecule has 0 saturated heterocycles. The van der Waals surface area contributed by atoms with Crippen LogP contribution >= 0.6 is 0 Å². The fourth-order valence-electron chi connectivity index (χ4n) is 3.43. The molecular weight excluding hydrogens is 360 g/mol. The number of hydrogen-bond acceptors (Lipinski definition) is 4. The maximum atomic E-state index is 4.54. The molecule has 0 spiro atoms. The van der Waals surface area contributed by atoms with Crippen LogP contribution in [0.5, 0.6) is 0 Å². The summed E-state index contributed by atoms with van der Waals surface area (Å²) in [5.41, 5.74) is 4.51. The number of imidazole rings is 1. The molecule has 0 unspecified atom stereocenters. The van der Waals surface area contributed by atoms with E-state index in [1.807, 2.05) is 42.6 Å². The van der Waals surface area contributed by atoms with Gasteiger partial charge in [-0.25, -0.2) is 9.97 Å². The maximum Gasteiger partial charge on any atom is 0.139 e. The van der Waals surface area contributed by atoms with Gasteiger partial charge in [0.15, 0.2) is 0 Å². The number of nitrogens with one attached hydrogen (secondary N) is 2. The predicted molar refractivity (Wildman–Crippen MR) is 115 cm³/mol. The first kappa shape index (κ1) is 17.2. The number of pyridine rings is 1. The van der Waals surface area contributed by atoms with Gasteiger partial charge in [-0.3, -0.25) is 5.10 Å². The third kappa shape index (κ3) is 3.48. The molecule has 2 N–H and O–H groups in total. The Balaban J connectivity index is 1.33. The minimum Gasteiger partial charge on any atom is -0.366 e. The molecule has 29 heavy (non-hydrogen) atoms. The largest absolute Gasteiger partial charge is 0.366 e. The van der Waals surface area contributed by atoms with E-state index in [9.17, 15) is 0 Å². The number of anilines is 1. The number of nitrogens with zero attached hydrogens (tertiary/aromatic N) is 4. The average Bonchev–Trinajstić information content (AvgIpc) is 3.44. The number of aryl methyl sites for hydroxylation is 1. The van der Waals surface area contributed by atoms with Crippen molar-refractivity contribution in [3.05, 3.63) is 85.1 Å². The van der Waals surface area contributed by atoms with Gasteiger partial charge in [-0.15, -0.1) is 0 Å². The summed E-state index contributed by atoms with van der Waals surface area (Å²) in [7, 11) is 2.00. The van der Waals surface area contributed by atoms with Crippen molar-refractivity contribution >= 4 is 16.6 Å². The molecule has 6 nitrogen and oxygen atoms in total. The quantitative estimate of drug-likeness (QED) is 0.466. The molecule has 2 aromatic carbocycles. The number of H-pyrrole nitrogens is 1. The number of aromatic amines is 1. The average molecular weight is 380 g/mol. The van der Waals surface area contributed by atoms with Crippen molar-refractivity contribution in [3.8, 4) is 22.5 Å². The zero-order chi connectivity index (χ0) is 19.6. The zero-order valence-electron chi connectivity index (χ0n) is 16.0. The second-order valence-corrected chi connectivity index (χ2v) is 7.03. The van der Waals surface area contributed by atoms with E-state index in [4.69, 9.17) is 0 Å². The van der Waals surface area contributed by atoms with Gasteiger partial charge in [0.05, 0.1) is 6.20 Å². The Hall–Kier alpha value is -3.93. The first-order valence-corrected chi connectivity index (χ1v) is 9.46. The summed E-state index contributed by atoms with van der Waals surface area (Å²) in [6, 6.07) is 16.9. The van der Waals surface area contributed by atoms with Crippen molar-refractivity contribution in [2.45, 2.75) is 6.54 Å². The van der Waals surface area contributed by atoms with Crippen molar-refractivity contribution in [3.63, 3.8) is 0 Å². The van der Waals surface area contributed by atoms with Gasteiger partial charge in [-0.05, 0) is 28.6 Å². The van der Waals surface area contributed by atoms with Crippen LogP contribution in [0.2, 0.25) is 0 Å². The van der Waals surface area contributed by atoms with Gasteiger partial charge in [0.1, 0.15) is 11.6 Å². The third-order valence-electron chi connectivity index (χ3n) is 5.06. The Morgan fingerprint density at radius 2 is 1.76 bits per heavy atom. The van der Waals surface area contributed by atoms with Gasteiger partial charge >= 0.3 is 0 Å². The van der Waals surface area contributed by atoms with Gasteiger partial charge in [0, 0.05) is 54.9 Å². The normalized spacial score (nSPS) is 11.1. The van der Waals surface area contributed by atoms with E-state index in [0.29, 0.717) is 6.54 Å². The molecule has 0 bridgehead atoms. The molecule has 3 heterocycles. The number of fused-ring (bicyclic) bond motifs is 1. The molecule has 0 aliphatic rings. The predicted octanol–water partition coefficient (Wildman–Crippen LogP) is 4.64. The minimum absolute atomic E-state index is 0.709. The monoisotopic (exact) mass is 380 g/mol. The van der Waals surface area contributed by atoms with E-state index in [1.165, 1.54) is 5.56 Å². The lowest BCUT2D eigenvalue weighted by molar-refractivity contribution is 0.924. The molecule has 0 aliphatic heterocycles. The molecule has 0 radical (unpaired) electrons. The van der Waals surface area contributed by atoms with Crippen LogP contribution in [-0.4, -0.2) is 24.7 Å². The molecule has 6 heteroatoms. The lowest BCUT2D eigenvalue weighted by atomic mass is 10.1. The molecule has 0 atom stereocenters. The fourth-order valence-corrected chi connectivity index (χ4v) is 3.43. The molecule has 142 valence electrons. The standard InChI is InChI=1S/C23H20N6/c1-29-9-8-24-23(29)17-4-2-16(3-5-17)12-25-22-11-20-10-18(21-14-27-28-15-21)6-7-19(20)13-26-22/h2-11,13-15H,12H2,1H3,(H,25,26)(H,27,28). The van der Waals surface area contributed by atoms with Crippen molar-refractivity contribution < 1.29 is 0 Å². The van der Waals surface area contributed by atoms with E-state index in [0.717, 1.165) is 39.1 Å². The van der Waals surface area contributed by atoms with Crippen molar-refractivity contribution in [1.82, 2.24) is 24.7 Å². The van der Waals surface area contributed by atoms with Crippen molar-refractivity contribution in [1.29, 1.82) is 0 Å². The van der Waals surface area contributed by atoms with Crippen LogP contribution in [0.3, 0.4) is 0 Å². The summed E-state index contributed by atoms with van der Waals surface area (Å²) in [6.45, 7) is 0.709. The van der Waals surface area contributed by atoms with Crippen LogP contribution in [-0.2, 0) is 13.6 Å². The summed E-state index contributed by atoms with van der Waals surface area (Å²) in [6.07, 6.45) is 9.40. The highest BCUT2D eigenvalue weighted by atomic mass is 15.1. The fraction of sp³-hybridized carbons (Fsp3) is 0.0870. The number of hydrogen-bond donors (Lipinski definition) is 2. The van der Waals surface area contributed by atoms with Crippen LogP contribution in [0.25, 0.3) is 33.3 Å². The SMILES string of the molecule is Cn1ccnc1-c1ccc(CNc2cc3cc(-c4cn[nH]c4)ccc3cn2)cc1. The second kappa shape index (κ2) is 7.24. The Kier molecular flexibility index (Phi) is 4.29. The highest BCUT2D eigenvalue weighted by Gasteiger charge is 2.05. The molecule has 0 fully saturated rings. The van der Waals surface area contributed by atoms with E-state index < -0.39 is 0 Å².